The van der Waals surface area contributed by atoms with Gasteiger partial charge in [-0.2, -0.15) is 4.31 Å². The van der Waals surface area contributed by atoms with Gasteiger partial charge in [0.05, 0.1) is 15.5 Å². The molecule has 2 unspecified atom stereocenters. The van der Waals surface area contributed by atoms with Gasteiger partial charge in [-0.1, -0.05) is 25.4 Å². The summed E-state index contributed by atoms with van der Waals surface area (Å²) < 4.78 is 40.4. The van der Waals surface area contributed by atoms with Gasteiger partial charge in [0.2, 0.25) is 10.0 Å². The van der Waals surface area contributed by atoms with Crippen LogP contribution in [0.1, 0.15) is 30.6 Å². The van der Waals surface area contributed by atoms with Crippen molar-refractivity contribution in [1.29, 1.82) is 0 Å². The Morgan fingerprint density at radius 1 is 1.11 bits per heavy atom. The highest BCUT2D eigenvalue weighted by Crippen LogP contribution is 2.27. The number of carbonyl (C=O) groups excluding carboxylic acids is 1. The van der Waals surface area contributed by atoms with Crippen LogP contribution in [0.25, 0.3) is 0 Å². The molecule has 2 aromatic rings. The number of amides is 1. The second kappa shape index (κ2) is 8.19. The molecule has 0 bridgehead atoms. The molecule has 0 aromatic heterocycles. The van der Waals surface area contributed by atoms with Crippen molar-refractivity contribution >= 4 is 33.2 Å². The van der Waals surface area contributed by atoms with Crippen LogP contribution in [0, 0.1) is 17.7 Å². The van der Waals surface area contributed by atoms with Gasteiger partial charge in [0.15, 0.2) is 0 Å². The summed E-state index contributed by atoms with van der Waals surface area (Å²) in [6.45, 7) is 5.12. The molecular weight excluding hydrogens is 403 g/mol. The van der Waals surface area contributed by atoms with Gasteiger partial charge >= 0.3 is 0 Å². The first-order valence-electron chi connectivity index (χ1n) is 9.03. The number of hydrogen-bond donors (Lipinski definition) is 1. The van der Waals surface area contributed by atoms with Crippen LogP contribution in [0.2, 0.25) is 5.02 Å². The second-order valence-electron chi connectivity index (χ2n) is 7.37. The van der Waals surface area contributed by atoms with E-state index in [1.54, 1.807) is 0 Å². The summed E-state index contributed by atoms with van der Waals surface area (Å²) >= 11 is 5.90. The number of carbonyl (C=O) groups is 1. The molecule has 1 aliphatic rings. The standard InChI is InChI=1S/C20H22ClFN2O3S/c1-13-9-14(2)12-24(11-13)28(26,27)17-6-4-16(5-7-17)23-20(25)18-8-3-15(22)10-19(18)21/h3-8,10,13-14H,9,11-12H2,1-2H3,(H,23,25). The Bertz CT molecular complexity index is 969. The summed E-state index contributed by atoms with van der Waals surface area (Å²) in [5, 5.41) is 2.64. The topological polar surface area (TPSA) is 66.5 Å². The largest absolute Gasteiger partial charge is 0.322 e. The van der Waals surface area contributed by atoms with Crippen LogP contribution >= 0.6 is 11.6 Å². The van der Waals surface area contributed by atoms with E-state index in [0.717, 1.165) is 18.6 Å². The van der Waals surface area contributed by atoms with Gasteiger partial charge in [-0.3, -0.25) is 4.79 Å². The van der Waals surface area contributed by atoms with Crippen molar-refractivity contribution in [2.45, 2.75) is 25.2 Å². The van der Waals surface area contributed by atoms with Crippen LogP contribution in [-0.2, 0) is 10.0 Å². The maximum absolute atomic E-state index is 13.1. The Labute approximate surface area is 169 Å². The number of hydrogen-bond acceptors (Lipinski definition) is 3. The fourth-order valence-electron chi connectivity index (χ4n) is 3.53. The van der Waals surface area contributed by atoms with E-state index in [1.807, 2.05) is 0 Å². The van der Waals surface area contributed by atoms with Crippen molar-refractivity contribution in [1.82, 2.24) is 4.31 Å². The number of nitrogens with one attached hydrogen (secondary N) is 1. The van der Waals surface area contributed by atoms with Crippen LogP contribution in [0.15, 0.2) is 47.4 Å². The molecule has 5 nitrogen and oxygen atoms in total. The monoisotopic (exact) mass is 424 g/mol. The molecule has 0 radical (unpaired) electrons. The summed E-state index contributed by atoms with van der Waals surface area (Å²) in [6.07, 6.45) is 1.02. The van der Waals surface area contributed by atoms with Crippen molar-refractivity contribution in [2.75, 3.05) is 18.4 Å². The predicted molar refractivity (Wildman–Crippen MR) is 108 cm³/mol. The van der Waals surface area contributed by atoms with Gasteiger partial charge in [-0.15, -0.1) is 0 Å². The first-order valence-corrected chi connectivity index (χ1v) is 10.8. The summed E-state index contributed by atoms with van der Waals surface area (Å²) in [5.41, 5.74) is 0.556. The second-order valence-corrected chi connectivity index (χ2v) is 9.72. The summed E-state index contributed by atoms with van der Waals surface area (Å²) in [5.74, 6) is -0.396. The molecular formula is C20H22ClFN2O3S. The van der Waals surface area contributed by atoms with E-state index >= 15 is 0 Å². The highest BCUT2D eigenvalue weighted by Gasteiger charge is 2.31. The minimum atomic E-state index is -3.58. The quantitative estimate of drug-likeness (QED) is 0.791. The number of halogens is 2. The molecule has 1 fully saturated rings. The van der Waals surface area contributed by atoms with E-state index in [1.165, 1.54) is 34.6 Å². The Hall–Kier alpha value is -1.96. The summed E-state index contributed by atoms with van der Waals surface area (Å²) in [6, 6.07) is 9.51. The van der Waals surface area contributed by atoms with Crippen LogP contribution in [-0.4, -0.2) is 31.7 Å². The summed E-state index contributed by atoms with van der Waals surface area (Å²) in [7, 11) is -3.58. The Morgan fingerprint density at radius 3 is 2.29 bits per heavy atom. The van der Waals surface area contributed by atoms with Gasteiger partial charge in [0.25, 0.3) is 5.91 Å². The molecule has 3 rings (SSSR count). The van der Waals surface area contributed by atoms with E-state index in [-0.39, 0.29) is 15.5 Å². The first-order chi connectivity index (χ1) is 13.2. The highest BCUT2D eigenvalue weighted by molar-refractivity contribution is 7.89. The van der Waals surface area contributed by atoms with Crippen molar-refractivity contribution < 1.29 is 17.6 Å². The lowest BCUT2D eigenvalue weighted by molar-refractivity contribution is 0.102. The molecule has 28 heavy (non-hydrogen) atoms. The molecule has 0 spiro atoms. The van der Waals surface area contributed by atoms with Gasteiger partial charge in [0, 0.05) is 18.8 Å². The lowest BCUT2D eigenvalue weighted by Gasteiger charge is -2.34. The van der Waals surface area contributed by atoms with Gasteiger partial charge in [-0.25, -0.2) is 12.8 Å². The maximum atomic E-state index is 13.1. The SMILES string of the molecule is CC1CC(C)CN(S(=O)(=O)c2ccc(NC(=O)c3ccc(F)cc3Cl)cc2)C1. The molecule has 2 atom stereocenters. The van der Waals surface area contributed by atoms with E-state index in [4.69, 9.17) is 11.6 Å². The molecule has 0 saturated carbocycles. The Morgan fingerprint density at radius 2 is 1.71 bits per heavy atom. The van der Waals surface area contributed by atoms with Crippen LogP contribution in [0.4, 0.5) is 10.1 Å². The zero-order valence-electron chi connectivity index (χ0n) is 15.7. The highest BCUT2D eigenvalue weighted by atomic mass is 35.5. The molecule has 150 valence electrons. The van der Waals surface area contributed by atoms with Gasteiger partial charge in [-0.05, 0) is 60.7 Å². The van der Waals surface area contributed by atoms with Crippen LogP contribution < -0.4 is 5.32 Å². The third kappa shape index (κ3) is 4.54. The Kier molecular flexibility index (Phi) is 6.07. The van der Waals surface area contributed by atoms with Crippen molar-refractivity contribution in [3.63, 3.8) is 0 Å². The van der Waals surface area contributed by atoms with E-state index < -0.39 is 21.7 Å². The zero-order valence-corrected chi connectivity index (χ0v) is 17.2. The number of benzene rings is 2. The predicted octanol–water partition coefficient (Wildman–Crippen LogP) is 4.40. The number of sulfonamides is 1. The minimum absolute atomic E-state index is 0.00466. The smallest absolute Gasteiger partial charge is 0.257 e. The van der Waals surface area contributed by atoms with Crippen molar-refractivity contribution in [2.24, 2.45) is 11.8 Å². The third-order valence-electron chi connectivity index (χ3n) is 4.76. The average molecular weight is 425 g/mol. The number of rotatable bonds is 4. The number of nitrogens with zero attached hydrogens (tertiary/aromatic N) is 1. The zero-order chi connectivity index (χ0) is 20.5. The maximum Gasteiger partial charge on any atom is 0.257 e. The molecule has 1 aliphatic heterocycles. The molecule has 1 saturated heterocycles. The van der Waals surface area contributed by atoms with Crippen LogP contribution in [0.3, 0.4) is 0 Å². The fraction of sp³-hybridized carbons (Fsp3) is 0.350. The normalized spacial score (nSPS) is 20.7. The van der Waals surface area contributed by atoms with Crippen molar-refractivity contribution in [3.05, 3.63) is 58.9 Å². The van der Waals surface area contributed by atoms with E-state index in [2.05, 4.69) is 19.2 Å². The van der Waals surface area contributed by atoms with Crippen LogP contribution in [0.5, 0.6) is 0 Å². The summed E-state index contributed by atoms with van der Waals surface area (Å²) in [4.78, 5) is 12.5. The molecule has 1 amide bonds. The molecule has 1 heterocycles. The molecule has 1 N–H and O–H groups in total. The average Bonchev–Trinajstić information content (AvgIpc) is 2.61. The number of piperidine rings is 1. The fourth-order valence-corrected chi connectivity index (χ4v) is 5.47. The lowest BCUT2D eigenvalue weighted by atomic mass is 9.94. The third-order valence-corrected chi connectivity index (χ3v) is 6.92. The number of anilines is 1. The van der Waals surface area contributed by atoms with Gasteiger partial charge in [0.1, 0.15) is 5.82 Å². The van der Waals surface area contributed by atoms with E-state index in [0.29, 0.717) is 30.6 Å². The minimum Gasteiger partial charge on any atom is -0.322 e. The molecule has 0 aliphatic carbocycles. The lowest BCUT2D eigenvalue weighted by Crippen LogP contribution is -2.42. The van der Waals surface area contributed by atoms with Crippen molar-refractivity contribution in [3.8, 4) is 0 Å². The Balaban J connectivity index is 1.75. The molecule has 2 aromatic carbocycles. The first kappa shape index (κ1) is 20.8. The molecule has 8 heteroatoms. The van der Waals surface area contributed by atoms with Gasteiger partial charge < -0.3 is 5.32 Å². The van der Waals surface area contributed by atoms with E-state index in [9.17, 15) is 17.6 Å².